The molecule has 6 heteroatoms. The van der Waals surface area contributed by atoms with Crippen LogP contribution in [0.5, 0.6) is 5.75 Å². The lowest BCUT2D eigenvalue weighted by Gasteiger charge is -2.14. The quantitative estimate of drug-likeness (QED) is 0.802. The highest BCUT2D eigenvalue weighted by Gasteiger charge is 2.37. The average molecular weight is 250 g/mol. The molecule has 18 heavy (non-hydrogen) atoms. The molecule has 2 rings (SSSR count). The molecule has 0 aliphatic heterocycles. The summed E-state index contributed by atoms with van der Waals surface area (Å²) in [6.45, 7) is 0. The number of methoxy groups -OCH3 is 1. The lowest BCUT2D eigenvalue weighted by atomic mass is 10.1. The maximum Gasteiger partial charge on any atom is 0.326 e. The fourth-order valence-electron chi connectivity index (χ4n) is 1.76. The van der Waals surface area contributed by atoms with Crippen LogP contribution in [0.2, 0.25) is 0 Å². The minimum Gasteiger partial charge on any atom is -0.494 e. The van der Waals surface area contributed by atoms with Crippen LogP contribution in [-0.4, -0.2) is 35.1 Å². The van der Waals surface area contributed by atoms with Crippen molar-refractivity contribution in [1.29, 1.82) is 0 Å². The van der Waals surface area contributed by atoms with Crippen LogP contribution in [0, 0.1) is 5.92 Å². The van der Waals surface area contributed by atoms with E-state index in [0.717, 1.165) is 12.8 Å². The smallest absolute Gasteiger partial charge is 0.326 e. The molecule has 1 unspecified atom stereocenters. The molecule has 1 aromatic rings. The summed E-state index contributed by atoms with van der Waals surface area (Å²) in [6.07, 6.45) is 4.56. The molecule has 1 fully saturated rings. The first kappa shape index (κ1) is 12.3. The van der Waals surface area contributed by atoms with Gasteiger partial charge in [-0.25, -0.2) is 4.79 Å². The number of nitrogens with one attached hydrogen (secondary N) is 1. The van der Waals surface area contributed by atoms with Crippen LogP contribution in [0.25, 0.3) is 0 Å². The van der Waals surface area contributed by atoms with Crippen LogP contribution in [-0.2, 0) is 4.79 Å². The van der Waals surface area contributed by atoms with Gasteiger partial charge in [0.1, 0.15) is 11.8 Å². The SMILES string of the molecule is COc1cnccc1C(=O)NC(C(=O)O)C1CC1. The summed E-state index contributed by atoms with van der Waals surface area (Å²) in [5.41, 5.74) is 0.291. The van der Waals surface area contributed by atoms with Gasteiger partial charge in [-0.2, -0.15) is 0 Å². The minimum absolute atomic E-state index is 0.0410. The van der Waals surface area contributed by atoms with Gasteiger partial charge in [-0.3, -0.25) is 9.78 Å². The summed E-state index contributed by atoms with van der Waals surface area (Å²) in [7, 11) is 1.43. The molecule has 1 aromatic heterocycles. The highest BCUT2D eigenvalue weighted by atomic mass is 16.5. The number of nitrogens with zero attached hydrogens (tertiary/aromatic N) is 1. The monoisotopic (exact) mass is 250 g/mol. The Morgan fingerprint density at radius 2 is 2.28 bits per heavy atom. The third-order valence-corrected chi connectivity index (χ3v) is 2.90. The molecule has 1 aliphatic rings. The Morgan fingerprint density at radius 1 is 1.56 bits per heavy atom. The van der Waals surface area contributed by atoms with E-state index in [2.05, 4.69) is 10.3 Å². The zero-order valence-corrected chi connectivity index (χ0v) is 9.92. The molecule has 2 N–H and O–H groups in total. The van der Waals surface area contributed by atoms with Crippen LogP contribution in [0.3, 0.4) is 0 Å². The fourth-order valence-corrected chi connectivity index (χ4v) is 1.76. The second-order valence-electron chi connectivity index (χ2n) is 4.20. The number of hydrogen-bond acceptors (Lipinski definition) is 4. The van der Waals surface area contributed by atoms with Gasteiger partial charge in [0.2, 0.25) is 0 Å². The molecule has 6 nitrogen and oxygen atoms in total. The van der Waals surface area contributed by atoms with Gasteiger partial charge in [0.05, 0.1) is 18.9 Å². The van der Waals surface area contributed by atoms with E-state index in [4.69, 9.17) is 9.84 Å². The Kier molecular flexibility index (Phi) is 3.45. The van der Waals surface area contributed by atoms with Gasteiger partial charge in [-0.1, -0.05) is 0 Å². The van der Waals surface area contributed by atoms with E-state index in [1.54, 1.807) is 0 Å². The van der Waals surface area contributed by atoms with E-state index in [-0.39, 0.29) is 5.92 Å². The summed E-state index contributed by atoms with van der Waals surface area (Å²) < 4.78 is 5.01. The van der Waals surface area contributed by atoms with E-state index >= 15 is 0 Å². The van der Waals surface area contributed by atoms with Crippen molar-refractivity contribution in [3.8, 4) is 5.75 Å². The molecule has 1 amide bonds. The number of carbonyl (C=O) groups is 2. The van der Waals surface area contributed by atoms with E-state index < -0.39 is 17.9 Å². The predicted octanol–water partition coefficient (Wildman–Crippen LogP) is 0.683. The maximum atomic E-state index is 12.0. The Morgan fingerprint density at radius 3 is 2.83 bits per heavy atom. The van der Waals surface area contributed by atoms with Gasteiger partial charge in [0.15, 0.2) is 0 Å². The van der Waals surface area contributed by atoms with Crippen molar-refractivity contribution in [2.24, 2.45) is 5.92 Å². The summed E-state index contributed by atoms with van der Waals surface area (Å²) in [5, 5.41) is 11.6. The molecule has 0 radical (unpaired) electrons. The number of aromatic nitrogens is 1. The third-order valence-electron chi connectivity index (χ3n) is 2.90. The Balaban J connectivity index is 2.13. The van der Waals surface area contributed by atoms with Crippen molar-refractivity contribution in [2.75, 3.05) is 7.11 Å². The first-order chi connectivity index (χ1) is 8.63. The van der Waals surface area contributed by atoms with Crippen LogP contribution >= 0.6 is 0 Å². The molecule has 96 valence electrons. The summed E-state index contributed by atoms with van der Waals surface area (Å²) in [4.78, 5) is 26.9. The van der Waals surface area contributed by atoms with Gasteiger partial charge in [0.25, 0.3) is 5.91 Å². The first-order valence-corrected chi connectivity index (χ1v) is 5.65. The third kappa shape index (κ3) is 2.58. The van der Waals surface area contributed by atoms with Crippen molar-refractivity contribution in [2.45, 2.75) is 18.9 Å². The van der Waals surface area contributed by atoms with Gasteiger partial charge in [-0.05, 0) is 24.8 Å². The van der Waals surface area contributed by atoms with E-state index in [9.17, 15) is 9.59 Å². The number of rotatable bonds is 5. The number of aliphatic carboxylic acids is 1. The van der Waals surface area contributed by atoms with Crippen molar-refractivity contribution in [1.82, 2.24) is 10.3 Å². The maximum absolute atomic E-state index is 12.0. The fraction of sp³-hybridized carbons (Fsp3) is 0.417. The Labute approximate surface area is 104 Å². The Hall–Kier alpha value is -2.11. The molecule has 0 bridgehead atoms. The van der Waals surface area contributed by atoms with E-state index in [1.165, 1.54) is 25.6 Å². The number of carboxylic acids is 1. The second-order valence-corrected chi connectivity index (χ2v) is 4.20. The van der Waals surface area contributed by atoms with Gasteiger partial charge < -0.3 is 15.2 Å². The standard InChI is InChI=1S/C12H14N2O4/c1-18-9-6-13-5-4-8(9)11(15)14-10(12(16)17)7-2-3-7/h4-7,10H,2-3H2,1H3,(H,14,15)(H,16,17). The van der Waals surface area contributed by atoms with Crippen molar-refractivity contribution >= 4 is 11.9 Å². The highest BCUT2D eigenvalue weighted by molar-refractivity contribution is 5.98. The van der Waals surface area contributed by atoms with Crippen molar-refractivity contribution in [3.63, 3.8) is 0 Å². The largest absolute Gasteiger partial charge is 0.494 e. The Bertz CT molecular complexity index is 471. The van der Waals surface area contributed by atoms with Crippen LogP contribution in [0.4, 0.5) is 0 Å². The predicted molar refractivity (Wildman–Crippen MR) is 62.4 cm³/mol. The molecular formula is C12H14N2O4. The molecule has 0 aromatic carbocycles. The average Bonchev–Trinajstić information content (AvgIpc) is 3.19. The van der Waals surface area contributed by atoms with Crippen molar-refractivity contribution < 1.29 is 19.4 Å². The number of pyridine rings is 1. The molecule has 1 heterocycles. The summed E-state index contributed by atoms with van der Waals surface area (Å²) in [5.74, 6) is -1.08. The van der Waals surface area contributed by atoms with Crippen LogP contribution in [0.1, 0.15) is 23.2 Å². The highest BCUT2D eigenvalue weighted by Crippen LogP contribution is 2.33. The molecule has 0 spiro atoms. The lowest BCUT2D eigenvalue weighted by Crippen LogP contribution is -2.42. The zero-order valence-electron chi connectivity index (χ0n) is 9.92. The number of amides is 1. The van der Waals surface area contributed by atoms with Gasteiger partial charge >= 0.3 is 5.97 Å². The lowest BCUT2D eigenvalue weighted by molar-refractivity contribution is -0.139. The zero-order chi connectivity index (χ0) is 13.1. The van der Waals surface area contributed by atoms with Crippen molar-refractivity contribution in [3.05, 3.63) is 24.0 Å². The molecular weight excluding hydrogens is 236 g/mol. The molecule has 1 saturated carbocycles. The van der Waals surface area contributed by atoms with Crippen LogP contribution in [0.15, 0.2) is 18.5 Å². The van der Waals surface area contributed by atoms with E-state index in [1.807, 2.05) is 0 Å². The second kappa shape index (κ2) is 5.03. The topological polar surface area (TPSA) is 88.5 Å². The summed E-state index contributed by atoms with van der Waals surface area (Å²) >= 11 is 0. The minimum atomic E-state index is -1.00. The van der Waals surface area contributed by atoms with Gasteiger partial charge in [-0.15, -0.1) is 0 Å². The number of hydrogen-bond donors (Lipinski definition) is 2. The van der Waals surface area contributed by atoms with Crippen LogP contribution < -0.4 is 10.1 Å². The van der Waals surface area contributed by atoms with E-state index in [0.29, 0.717) is 11.3 Å². The normalized spacial score (nSPS) is 15.8. The number of carboxylic acid groups (broad SMARTS) is 1. The molecule has 1 atom stereocenters. The molecule has 1 aliphatic carbocycles. The molecule has 0 saturated heterocycles. The first-order valence-electron chi connectivity index (χ1n) is 5.65. The number of carbonyl (C=O) groups excluding carboxylic acids is 1. The van der Waals surface area contributed by atoms with Gasteiger partial charge in [0, 0.05) is 6.20 Å². The summed E-state index contributed by atoms with van der Waals surface area (Å²) in [6, 6.07) is 0.676. The number of ether oxygens (including phenoxy) is 1.